The third-order valence-corrected chi connectivity index (χ3v) is 6.00. The fourth-order valence-corrected chi connectivity index (χ4v) is 4.16. The minimum Gasteiger partial charge on any atom is -0.493 e. The number of methoxy groups -OCH3 is 1. The van der Waals surface area contributed by atoms with Crippen LogP contribution in [0.3, 0.4) is 0 Å². The van der Waals surface area contributed by atoms with Crippen molar-refractivity contribution in [2.75, 3.05) is 32.1 Å². The summed E-state index contributed by atoms with van der Waals surface area (Å²) in [6.07, 6.45) is 5.00. The third kappa shape index (κ3) is 4.65. The van der Waals surface area contributed by atoms with Crippen LogP contribution in [0.1, 0.15) is 23.2 Å². The van der Waals surface area contributed by atoms with Crippen molar-refractivity contribution in [3.8, 4) is 11.5 Å². The van der Waals surface area contributed by atoms with E-state index in [1.54, 1.807) is 32.4 Å². The monoisotopic (exact) mass is 463 g/mol. The molecular weight excluding hydrogens is 437 g/mol. The Morgan fingerprint density at radius 2 is 2.09 bits per heavy atom. The topological polar surface area (TPSA) is 85.5 Å². The molecule has 0 spiro atoms. The Kier molecular flexibility index (Phi) is 6.27. The van der Waals surface area contributed by atoms with E-state index < -0.39 is 0 Å². The molecule has 2 aromatic carbocycles. The zero-order chi connectivity index (χ0) is 23.5. The van der Waals surface area contributed by atoms with Crippen molar-refractivity contribution >= 4 is 22.4 Å². The van der Waals surface area contributed by atoms with Crippen molar-refractivity contribution in [1.82, 2.24) is 20.0 Å². The lowest BCUT2D eigenvalue weighted by Crippen LogP contribution is -2.31. The Bertz CT molecular complexity index is 1310. The normalized spacial score (nSPS) is 13.6. The molecule has 176 valence electrons. The van der Waals surface area contributed by atoms with E-state index in [4.69, 9.17) is 14.0 Å². The van der Waals surface area contributed by atoms with Gasteiger partial charge in [-0.2, -0.15) is 0 Å². The lowest BCUT2D eigenvalue weighted by molar-refractivity contribution is 0.217. The molecule has 0 unspecified atom stereocenters. The summed E-state index contributed by atoms with van der Waals surface area (Å²) in [6, 6.07) is 8.58. The molecule has 9 heteroatoms. The molecule has 0 radical (unpaired) electrons. The number of hydrogen-bond acceptors (Lipinski definition) is 8. The Balaban J connectivity index is 1.28. The minimum absolute atomic E-state index is 0.245. The molecule has 0 atom stereocenters. The second-order valence-electron chi connectivity index (χ2n) is 8.35. The fraction of sp³-hybridized carbons (Fsp3) is 0.320. The number of hydrogen-bond donors (Lipinski definition) is 1. The summed E-state index contributed by atoms with van der Waals surface area (Å²) in [4.78, 5) is 11.1. The maximum absolute atomic E-state index is 13.7. The molecule has 3 heterocycles. The molecule has 0 fully saturated rings. The largest absolute Gasteiger partial charge is 0.493 e. The molecule has 1 aliphatic heterocycles. The minimum atomic E-state index is -0.245. The van der Waals surface area contributed by atoms with E-state index in [0.29, 0.717) is 29.5 Å². The van der Waals surface area contributed by atoms with E-state index in [2.05, 4.69) is 25.3 Å². The number of anilines is 2. The van der Waals surface area contributed by atoms with Crippen molar-refractivity contribution in [3.63, 3.8) is 0 Å². The van der Waals surface area contributed by atoms with Crippen LogP contribution in [0.2, 0.25) is 0 Å². The number of aryl methyl sites for hydroxylation is 1. The summed E-state index contributed by atoms with van der Waals surface area (Å²) in [5.74, 6) is 1.61. The lowest BCUT2D eigenvalue weighted by atomic mass is 10.1. The van der Waals surface area contributed by atoms with Gasteiger partial charge < -0.3 is 19.3 Å². The van der Waals surface area contributed by atoms with Crippen LogP contribution in [0.5, 0.6) is 11.5 Å². The average molecular weight is 464 g/mol. The Hall–Kier alpha value is -3.72. The van der Waals surface area contributed by atoms with Gasteiger partial charge in [0.05, 0.1) is 24.9 Å². The van der Waals surface area contributed by atoms with Crippen LogP contribution in [0.4, 0.5) is 15.9 Å². The second kappa shape index (κ2) is 9.64. The molecule has 0 aliphatic carbocycles. The number of ether oxygens (including phenoxy) is 2. The van der Waals surface area contributed by atoms with Crippen molar-refractivity contribution < 1.29 is 18.4 Å². The molecular formula is C25H26FN5O3. The summed E-state index contributed by atoms with van der Waals surface area (Å²) >= 11 is 0. The molecule has 34 heavy (non-hydrogen) atoms. The molecule has 0 bridgehead atoms. The summed E-state index contributed by atoms with van der Waals surface area (Å²) in [6.45, 7) is 5.01. The number of aromatic nitrogens is 3. The zero-order valence-electron chi connectivity index (χ0n) is 19.2. The maximum Gasteiger partial charge on any atom is 0.162 e. The molecule has 0 saturated carbocycles. The summed E-state index contributed by atoms with van der Waals surface area (Å²) < 4.78 is 30.4. The van der Waals surface area contributed by atoms with E-state index in [9.17, 15) is 4.39 Å². The Labute approximate surface area is 196 Å². The third-order valence-electron chi connectivity index (χ3n) is 6.00. The second-order valence-corrected chi connectivity index (χ2v) is 8.35. The smallest absolute Gasteiger partial charge is 0.162 e. The van der Waals surface area contributed by atoms with Gasteiger partial charge in [0.1, 0.15) is 24.2 Å². The van der Waals surface area contributed by atoms with Crippen LogP contribution in [-0.2, 0) is 13.0 Å². The van der Waals surface area contributed by atoms with Gasteiger partial charge in [-0.1, -0.05) is 5.16 Å². The maximum atomic E-state index is 13.7. The predicted molar refractivity (Wildman–Crippen MR) is 126 cm³/mol. The summed E-state index contributed by atoms with van der Waals surface area (Å²) in [5.41, 5.74) is 4.26. The van der Waals surface area contributed by atoms with Crippen molar-refractivity contribution in [3.05, 3.63) is 65.6 Å². The quantitative estimate of drug-likeness (QED) is 0.378. The highest BCUT2D eigenvalue weighted by atomic mass is 19.1. The fourth-order valence-electron chi connectivity index (χ4n) is 4.16. The standard InChI is InChI=1S/C25H26FN5O3/c1-16-10-18(4-5-20(16)26)29-25-19-11-24(23(32-2)12-22(19)27-15-28-25)33-9-3-7-31-8-6-21-17(13-31)14-34-30-21/h4-5,10-12,14-15H,3,6-9,13H2,1-2H3,(H,27,28,29). The summed E-state index contributed by atoms with van der Waals surface area (Å²) in [5, 5.41) is 8.09. The molecule has 4 aromatic rings. The first-order valence-corrected chi connectivity index (χ1v) is 11.2. The first-order chi connectivity index (χ1) is 16.6. The van der Waals surface area contributed by atoms with Gasteiger partial charge in [-0.25, -0.2) is 14.4 Å². The predicted octanol–water partition coefficient (Wildman–Crippen LogP) is 4.64. The van der Waals surface area contributed by atoms with E-state index in [-0.39, 0.29) is 5.82 Å². The highest BCUT2D eigenvalue weighted by molar-refractivity contribution is 5.93. The summed E-state index contributed by atoms with van der Waals surface area (Å²) in [7, 11) is 1.61. The molecule has 2 aromatic heterocycles. The molecule has 1 aliphatic rings. The molecule has 0 saturated heterocycles. The molecule has 0 amide bonds. The van der Waals surface area contributed by atoms with Crippen LogP contribution < -0.4 is 14.8 Å². The molecule has 5 rings (SSSR count). The van der Waals surface area contributed by atoms with Gasteiger partial charge in [0.25, 0.3) is 0 Å². The highest BCUT2D eigenvalue weighted by Crippen LogP contribution is 2.35. The van der Waals surface area contributed by atoms with Gasteiger partial charge in [-0.3, -0.25) is 4.90 Å². The van der Waals surface area contributed by atoms with Crippen LogP contribution in [-0.4, -0.2) is 46.8 Å². The Morgan fingerprint density at radius 3 is 2.94 bits per heavy atom. The number of nitrogens with one attached hydrogen (secondary N) is 1. The number of nitrogens with zero attached hydrogens (tertiary/aromatic N) is 4. The number of fused-ring (bicyclic) bond motifs is 2. The highest BCUT2D eigenvalue weighted by Gasteiger charge is 2.19. The SMILES string of the molecule is COc1cc2ncnc(Nc3ccc(F)c(C)c3)c2cc1OCCCN1CCc2nocc2C1. The van der Waals surface area contributed by atoms with Crippen LogP contribution in [0.15, 0.2) is 47.4 Å². The van der Waals surface area contributed by atoms with Gasteiger partial charge in [-0.05, 0) is 43.2 Å². The van der Waals surface area contributed by atoms with Gasteiger partial charge >= 0.3 is 0 Å². The van der Waals surface area contributed by atoms with E-state index in [1.165, 1.54) is 18.0 Å². The number of halogens is 1. The van der Waals surface area contributed by atoms with E-state index in [1.807, 2.05) is 12.1 Å². The van der Waals surface area contributed by atoms with Crippen molar-refractivity contribution in [2.24, 2.45) is 0 Å². The van der Waals surface area contributed by atoms with Crippen molar-refractivity contribution in [1.29, 1.82) is 0 Å². The molecule has 1 N–H and O–H groups in total. The number of benzene rings is 2. The van der Waals surface area contributed by atoms with Crippen LogP contribution in [0.25, 0.3) is 10.9 Å². The molecule has 8 nitrogen and oxygen atoms in total. The van der Waals surface area contributed by atoms with E-state index in [0.717, 1.165) is 54.8 Å². The van der Waals surface area contributed by atoms with Crippen LogP contribution in [0, 0.1) is 12.7 Å². The van der Waals surface area contributed by atoms with Gasteiger partial charge in [-0.15, -0.1) is 0 Å². The van der Waals surface area contributed by atoms with Gasteiger partial charge in [0, 0.05) is 48.8 Å². The van der Waals surface area contributed by atoms with E-state index >= 15 is 0 Å². The first kappa shape index (κ1) is 22.1. The lowest BCUT2D eigenvalue weighted by Gasteiger charge is -2.25. The van der Waals surface area contributed by atoms with Crippen LogP contribution >= 0.6 is 0 Å². The zero-order valence-corrected chi connectivity index (χ0v) is 19.2. The van der Waals surface area contributed by atoms with Gasteiger partial charge in [0.2, 0.25) is 0 Å². The Morgan fingerprint density at radius 1 is 1.18 bits per heavy atom. The van der Waals surface area contributed by atoms with Crippen molar-refractivity contribution in [2.45, 2.75) is 26.3 Å². The number of rotatable bonds is 8. The average Bonchev–Trinajstić information content (AvgIpc) is 3.32. The van der Waals surface area contributed by atoms with Gasteiger partial charge in [0.15, 0.2) is 11.5 Å². The first-order valence-electron chi connectivity index (χ1n) is 11.2.